The van der Waals surface area contributed by atoms with Crippen LogP contribution >= 0.6 is 11.3 Å². The first-order valence-electron chi connectivity index (χ1n) is 3.18. The van der Waals surface area contributed by atoms with Gasteiger partial charge in [0.15, 0.2) is 5.60 Å². The van der Waals surface area contributed by atoms with Crippen LogP contribution in [0.1, 0.15) is 17.5 Å². The van der Waals surface area contributed by atoms with Crippen LogP contribution < -0.4 is 0 Å². The first kappa shape index (κ1) is 8.25. The molecule has 0 amide bonds. The molecule has 0 aliphatic carbocycles. The number of aliphatic hydroxyl groups is 1. The molecule has 1 aromatic heterocycles. The number of hydrogen-bond donors (Lipinski definition) is 1. The number of nitrogens with zero attached hydrogens (tertiary/aromatic N) is 1. The lowest BCUT2D eigenvalue weighted by Gasteiger charge is -2.13. The molecule has 0 radical (unpaired) electrons. The van der Waals surface area contributed by atoms with Crippen LogP contribution in [-0.4, -0.2) is 10.1 Å². The second kappa shape index (κ2) is 2.65. The predicted octanol–water partition coefficient (Wildman–Crippen LogP) is 1.29. The molecule has 1 rings (SSSR count). The molecule has 0 bridgehead atoms. The van der Waals surface area contributed by atoms with Gasteiger partial charge in [-0.05, 0) is 13.8 Å². The summed E-state index contributed by atoms with van der Waals surface area (Å²) in [5.74, 6) is 2.31. The Labute approximate surface area is 69.9 Å². The van der Waals surface area contributed by atoms with E-state index < -0.39 is 5.60 Å². The van der Waals surface area contributed by atoms with Crippen LogP contribution in [0.4, 0.5) is 0 Å². The van der Waals surface area contributed by atoms with Crippen LogP contribution in [0.15, 0.2) is 5.51 Å². The number of rotatable bonds is 1. The minimum atomic E-state index is -1.16. The summed E-state index contributed by atoms with van der Waals surface area (Å²) in [7, 11) is 0. The lowest BCUT2D eigenvalue weighted by molar-refractivity contribution is 0.125. The molecule has 0 fully saturated rings. The van der Waals surface area contributed by atoms with Crippen molar-refractivity contribution in [3.63, 3.8) is 0 Å². The van der Waals surface area contributed by atoms with Crippen molar-refractivity contribution in [1.29, 1.82) is 0 Å². The van der Waals surface area contributed by atoms with E-state index in [0.717, 1.165) is 10.6 Å². The van der Waals surface area contributed by atoms with E-state index in [9.17, 15) is 5.11 Å². The summed E-state index contributed by atoms with van der Waals surface area (Å²) in [6.07, 6.45) is 5.15. The summed E-state index contributed by atoms with van der Waals surface area (Å²) < 4.78 is 0. The summed E-state index contributed by atoms with van der Waals surface area (Å²) >= 11 is 1.38. The molecule has 2 nitrogen and oxygen atoms in total. The monoisotopic (exact) mass is 167 g/mol. The molecule has 0 aliphatic rings. The minimum Gasteiger partial charge on any atom is -0.373 e. The molecule has 11 heavy (non-hydrogen) atoms. The molecule has 0 saturated heterocycles. The van der Waals surface area contributed by atoms with E-state index >= 15 is 0 Å². The fraction of sp³-hybridized carbons (Fsp3) is 0.375. The normalized spacial score (nSPS) is 15.5. The largest absolute Gasteiger partial charge is 0.373 e. The van der Waals surface area contributed by atoms with Crippen molar-refractivity contribution in [3.8, 4) is 12.3 Å². The third-order valence-electron chi connectivity index (χ3n) is 1.47. The molecule has 1 heterocycles. The van der Waals surface area contributed by atoms with Gasteiger partial charge in [-0.2, -0.15) is 0 Å². The van der Waals surface area contributed by atoms with Crippen molar-refractivity contribution < 1.29 is 5.11 Å². The van der Waals surface area contributed by atoms with Gasteiger partial charge in [0.2, 0.25) is 0 Å². The summed E-state index contributed by atoms with van der Waals surface area (Å²) in [6.45, 7) is 3.42. The van der Waals surface area contributed by atoms with Gasteiger partial charge in [0.25, 0.3) is 0 Å². The highest BCUT2D eigenvalue weighted by atomic mass is 32.1. The maximum atomic E-state index is 9.60. The van der Waals surface area contributed by atoms with E-state index in [2.05, 4.69) is 10.9 Å². The lowest BCUT2D eigenvalue weighted by Crippen LogP contribution is -2.17. The van der Waals surface area contributed by atoms with Gasteiger partial charge in [0, 0.05) is 0 Å². The SMILES string of the molecule is C#C[C@@](C)(O)c1scnc1C. The van der Waals surface area contributed by atoms with Crippen molar-refractivity contribution in [2.45, 2.75) is 19.4 Å². The van der Waals surface area contributed by atoms with E-state index in [1.165, 1.54) is 11.3 Å². The zero-order chi connectivity index (χ0) is 8.48. The van der Waals surface area contributed by atoms with Gasteiger partial charge in [-0.3, -0.25) is 0 Å². The zero-order valence-electron chi connectivity index (χ0n) is 6.46. The lowest BCUT2D eigenvalue weighted by atomic mass is 10.1. The van der Waals surface area contributed by atoms with Crippen LogP contribution in [0, 0.1) is 19.3 Å². The molecule has 0 spiro atoms. The summed E-state index contributed by atoms with van der Waals surface area (Å²) in [6, 6.07) is 0. The smallest absolute Gasteiger partial charge is 0.158 e. The fourth-order valence-corrected chi connectivity index (χ4v) is 1.66. The van der Waals surface area contributed by atoms with E-state index in [1.807, 2.05) is 6.92 Å². The average Bonchev–Trinajstić information content (AvgIpc) is 2.36. The summed E-state index contributed by atoms with van der Waals surface area (Å²) in [5.41, 5.74) is 1.32. The van der Waals surface area contributed by atoms with E-state index in [4.69, 9.17) is 6.42 Å². The van der Waals surface area contributed by atoms with Gasteiger partial charge in [-0.25, -0.2) is 4.98 Å². The van der Waals surface area contributed by atoms with Crippen molar-refractivity contribution in [3.05, 3.63) is 16.1 Å². The van der Waals surface area contributed by atoms with Gasteiger partial charge in [-0.1, -0.05) is 5.92 Å². The highest BCUT2D eigenvalue weighted by Crippen LogP contribution is 2.26. The van der Waals surface area contributed by atoms with Crippen molar-refractivity contribution in [2.75, 3.05) is 0 Å². The highest BCUT2D eigenvalue weighted by Gasteiger charge is 2.23. The Hall–Kier alpha value is -0.850. The van der Waals surface area contributed by atoms with Gasteiger partial charge < -0.3 is 5.11 Å². The molecule has 1 aromatic rings. The minimum absolute atomic E-state index is 0.750. The Morgan fingerprint density at radius 3 is 2.82 bits per heavy atom. The number of aryl methyl sites for hydroxylation is 1. The molecule has 3 heteroatoms. The van der Waals surface area contributed by atoms with E-state index in [0.29, 0.717) is 0 Å². The number of aromatic nitrogens is 1. The van der Waals surface area contributed by atoms with Gasteiger partial charge >= 0.3 is 0 Å². The second-order valence-electron chi connectivity index (χ2n) is 2.48. The Morgan fingerprint density at radius 2 is 2.45 bits per heavy atom. The fourth-order valence-electron chi connectivity index (χ4n) is 0.835. The average molecular weight is 167 g/mol. The van der Waals surface area contributed by atoms with E-state index in [-0.39, 0.29) is 0 Å². The van der Waals surface area contributed by atoms with Crippen molar-refractivity contribution in [1.82, 2.24) is 4.98 Å². The molecule has 0 aromatic carbocycles. The molecular weight excluding hydrogens is 158 g/mol. The summed E-state index contributed by atoms with van der Waals surface area (Å²) in [5, 5.41) is 9.60. The van der Waals surface area contributed by atoms with Crippen LogP contribution in [0.3, 0.4) is 0 Å². The molecule has 58 valence electrons. The van der Waals surface area contributed by atoms with Gasteiger partial charge in [0.05, 0.1) is 16.1 Å². The maximum absolute atomic E-state index is 9.60. The molecule has 0 aliphatic heterocycles. The van der Waals surface area contributed by atoms with Crippen molar-refractivity contribution >= 4 is 11.3 Å². The van der Waals surface area contributed by atoms with Gasteiger partial charge in [-0.15, -0.1) is 17.8 Å². The van der Waals surface area contributed by atoms with Crippen molar-refractivity contribution in [2.24, 2.45) is 0 Å². The van der Waals surface area contributed by atoms with Crippen LogP contribution in [0.5, 0.6) is 0 Å². The highest BCUT2D eigenvalue weighted by molar-refractivity contribution is 7.09. The third kappa shape index (κ3) is 1.42. The first-order chi connectivity index (χ1) is 5.08. The van der Waals surface area contributed by atoms with Crippen LogP contribution in [0.25, 0.3) is 0 Å². The summed E-state index contributed by atoms with van der Waals surface area (Å²) in [4.78, 5) is 4.74. The van der Waals surface area contributed by atoms with Crippen LogP contribution in [0.2, 0.25) is 0 Å². The molecule has 0 saturated carbocycles. The molecular formula is C8H9NOS. The zero-order valence-corrected chi connectivity index (χ0v) is 7.27. The first-order valence-corrected chi connectivity index (χ1v) is 4.06. The third-order valence-corrected chi connectivity index (χ3v) is 2.61. The number of thiazole rings is 1. The maximum Gasteiger partial charge on any atom is 0.158 e. The predicted molar refractivity (Wildman–Crippen MR) is 45.3 cm³/mol. The number of hydrogen-bond acceptors (Lipinski definition) is 3. The van der Waals surface area contributed by atoms with Gasteiger partial charge in [0.1, 0.15) is 0 Å². The topological polar surface area (TPSA) is 33.1 Å². The second-order valence-corrected chi connectivity index (χ2v) is 3.34. The molecule has 0 unspecified atom stereocenters. The molecule has 1 atom stereocenters. The van der Waals surface area contributed by atoms with E-state index in [1.54, 1.807) is 12.4 Å². The number of terminal acetylenes is 1. The quantitative estimate of drug-likeness (QED) is 0.639. The molecule has 1 N–H and O–H groups in total. The standard InChI is InChI=1S/C8H9NOS/c1-4-8(3,10)7-6(2)9-5-11-7/h1,5,10H,2-3H3/t8-/m1/s1. The Morgan fingerprint density at radius 1 is 1.82 bits per heavy atom. The Bertz CT molecular complexity index is 295. The Balaban J connectivity index is 3.13. The van der Waals surface area contributed by atoms with Crippen LogP contribution in [-0.2, 0) is 5.60 Å². The Kier molecular flexibility index (Phi) is 1.99.